The molecular formula is C12H11F2NS. The Kier molecular flexibility index (Phi) is 2.76. The molecule has 1 heterocycles. The monoisotopic (exact) mass is 239 g/mol. The molecule has 0 amide bonds. The van der Waals surface area contributed by atoms with Crippen molar-refractivity contribution in [3.8, 4) is 10.4 Å². The molecule has 0 saturated carbocycles. The van der Waals surface area contributed by atoms with E-state index in [-0.39, 0.29) is 5.82 Å². The fourth-order valence-electron chi connectivity index (χ4n) is 1.60. The lowest BCUT2D eigenvalue weighted by molar-refractivity contribution is 0.595. The van der Waals surface area contributed by atoms with Crippen molar-refractivity contribution >= 4 is 11.3 Å². The zero-order valence-corrected chi connectivity index (χ0v) is 10.1. The lowest BCUT2D eigenvalue weighted by atomic mass is 10.1. The molecule has 1 aromatic heterocycles. The Labute approximate surface area is 96.8 Å². The molecular weight excluding hydrogens is 228 g/mol. The molecule has 0 fully saturated rings. The minimum Gasteiger partial charge on any atom is -0.246 e. The van der Waals surface area contributed by atoms with Crippen molar-refractivity contribution in [1.29, 1.82) is 0 Å². The van der Waals surface area contributed by atoms with E-state index in [1.807, 2.05) is 6.92 Å². The maximum absolute atomic E-state index is 13.7. The second-order valence-corrected chi connectivity index (χ2v) is 4.93. The van der Waals surface area contributed by atoms with Crippen molar-refractivity contribution in [2.75, 3.05) is 0 Å². The Morgan fingerprint density at radius 2 is 1.75 bits per heavy atom. The number of hydrogen-bond acceptors (Lipinski definition) is 2. The molecule has 84 valence electrons. The van der Waals surface area contributed by atoms with Crippen LogP contribution in [-0.4, -0.2) is 4.98 Å². The van der Waals surface area contributed by atoms with Crippen molar-refractivity contribution < 1.29 is 8.78 Å². The van der Waals surface area contributed by atoms with E-state index < -0.39 is 5.82 Å². The van der Waals surface area contributed by atoms with Gasteiger partial charge in [-0.1, -0.05) is 0 Å². The predicted molar refractivity (Wildman–Crippen MR) is 61.7 cm³/mol. The predicted octanol–water partition coefficient (Wildman–Crippen LogP) is 4.01. The molecule has 16 heavy (non-hydrogen) atoms. The Morgan fingerprint density at radius 3 is 2.31 bits per heavy atom. The van der Waals surface area contributed by atoms with Crippen LogP contribution < -0.4 is 0 Å². The Bertz CT molecular complexity index is 546. The summed E-state index contributed by atoms with van der Waals surface area (Å²) in [6.45, 7) is 5.20. The SMILES string of the molecule is Cc1nc(C)c(-c2cc(F)c(C)cc2F)s1. The van der Waals surface area contributed by atoms with Crippen LogP contribution in [0.25, 0.3) is 10.4 Å². The highest BCUT2D eigenvalue weighted by Crippen LogP contribution is 2.32. The van der Waals surface area contributed by atoms with Crippen LogP contribution in [0.5, 0.6) is 0 Å². The summed E-state index contributed by atoms with van der Waals surface area (Å²) in [7, 11) is 0. The molecule has 0 N–H and O–H groups in total. The molecule has 0 unspecified atom stereocenters. The standard InChI is InChI=1S/C12H11F2NS/c1-6-4-11(14)9(5-10(6)13)12-7(2)15-8(3)16-12/h4-5H,1-3H3. The van der Waals surface area contributed by atoms with Crippen molar-refractivity contribution in [3.05, 3.63) is 40.0 Å². The second kappa shape index (κ2) is 3.94. The molecule has 0 aliphatic rings. The molecule has 1 aromatic carbocycles. The highest BCUT2D eigenvalue weighted by atomic mass is 32.1. The van der Waals surface area contributed by atoms with Crippen LogP contribution in [0, 0.1) is 32.4 Å². The van der Waals surface area contributed by atoms with Gasteiger partial charge in [0.25, 0.3) is 0 Å². The first-order valence-corrected chi connectivity index (χ1v) is 5.70. The van der Waals surface area contributed by atoms with Gasteiger partial charge in [0.15, 0.2) is 0 Å². The minimum atomic E-state index is -0.398. The summed E-state index contributed by atoms with van der Waals surface area (Å²) in [4.78, 5) is 4.91. The largest absolute Gasteiger partial charge is 0.246 e. The van der Waals surface area contributed by atoms with Crippen molar-refractivity contribution in [2.45, 2.75) is 20.8 Å². The summed E-state index contributed by atoms with van der Waals surface area (Å²) in [6, 6.07) is 2.46. The van der Waals surface area contributed by atoms with Gasteiger partial charge < -0.3 is 0 Å². The maximum atomic E-state index is 13.7. The van der Waals surface area contributed by atoms with Gasteiger partial charge in [0, 0.05) is 5.56 Å². The average Bonchev–Trinajstić information content (AvgIpc) is 2.51. The molecule has 0 radical (unpaired) electrons. The number of halogens is 2. The van der Waals surface area contributed by atoms with Gasteiger partial charge in [-0.3, -0.25) is 0 Å². The molecule has 0 bridgehead atoms. The molecule has 2 rings (SSSR count). The number of hydrogen-bond donors (Lipinski definition) is 0. The Balaban J connectivity index is 2.64. The van der Waals surface area contributed by atoms with Gasteiger partial charge in [-0.2, -0.15) is 0 Å². The van der Waals surface area contributed by atoms with Crippen LogP contribution >= 0.6 is 11.3 Å². The van der Waals surface area contributed by atoms with Crippen molar-refractivity contribution in [2.24, 2.45) is 0 Å². The van der Waals surface area contributed by atoms with Crippen LogP contribution in [0.2, 0.25) is 0 Å². The molecule has 0 spiro atoms. The van der Waals surface area contributed by atoms with E-state index in [4.69, 9.17) is 0 Å². The third kappa shape index (κ3) is 1.85. The zero-order chi connectivity index (χ0) is 11.9. The lowest BCUT2D eigenvalue weighted by Gasteiger charge is -2.03. The zero-order valence-electron chi connectivity index (χ0n) is 9.27. The second-order valence-electron chi connectivity index (χ2n) is 3.73. The number of thiazole rings is 1. The van der Waals surface area contributed by atoms with E-state index in [0.717, 1.165) is 10.7 Å². The van der Waals surface area contributed by atoms with Crippen molar-refractivity contribution in [3.63, 3.8) is 0 Å². The van der Waals surface area contributed by atoms with Crippen LogP contribution in [0.3, 0.4) is 0 Å². The molecule has 4 heteroatoms. The first-order valence-electron chi connectivity index (χ1n) is 4.89. The van der Waals surface area contributed by atoms with Gasteiger partial charge in [0.2, 0.25) is 0 Å². The van der Waals surface area contributed by atoms with E-state index in [1.165, 1.54) is 23.5 Å². The van der Waals surface area contributed by atoms with Crippen LogP contribution in [0.1, 0.15) is 16.3 Å². The molecule has 0 saturated heterocycles. The molecule has 0 aliphatic heterocycles. The number of rotatable bonds is 1. The summed E-state index contributed by atoms with van der Waals surface area (Å²) in [6.07, 6.45) is 0. The van der Waals surface area contributed by atoms with Crippen LogP contribution in [0.15, 0.2) is 12.1 Å². The van der Waals surface area contributed by atoms with Crippen LogP contribution in [-0.2, 0) is 0 Å². The third-order valence-corrected chi connectivity index (χ3v) is 3.50. The maximum Gasteiger partial charge on any atom is 0.132 e. The summed E-state index contributed by atoms with van der Waals surface area (Å²) in [5.41, 5.74) is 1.36. The van der Waals surface area contributed by atoms with Gasteiger partial charge in [-0.05, 0) is 38.5 Å². The van der Waals surface area contributed by atoms with E-state index in [2.05, 4.69) is 4.98 Å². The normalized spacial score (nSPS) is 10.8. The van der Waals surface area contributed by atoms with E-state index in [9.17, 15) is 8.78 Å². The topological polar surface area (TPSA) is 12.9 Å². The van der Waals surface area contributed by atoms with Crippen LogP contribution in [0.4, 0.5) is 8.78 Å². The summed E-state index contributed by atoms with van der Waals surface area (Å²) >= 11 is 1.38. The Morgan fingerprint density at radius 1 is 1.06 bits per heavy atom. The summed E-state index contributed by atoms with van der Waals surface area (Å²) in [5.74, 6) is -0.785. The number of aryl methyl sites for hydroxylation is 3. The summed E-state index contributed by atoms with van der Waals surface area (Å²) < 4.78 is 27.1. The van der Waals surface area contributed by atoms with Gasteiger partial charge in [-0.25, -0.2) is 13.8 Å². The molecule has 0 atom stereocenters. The van der Waals surface area contributed by atoms with Gasteiger partial charge in [0.1, 0.15) is 11.6 Å². The summed E-state index contributed by atoms with van der Waals surface area (Å²) in [5, 5.41) is 0.855. The smallest absolute Gasteiger partial charge is 0.132 e. The van der Waals surface area contributed by atoms with E-state index in [0.29, 0.717) is 16.0 Å². The third-order valence-electron chi connectivity index (χ3n) is 2.40. The highest BCUT2D eigenvalue weighted by Gasteiger charge is 2.14. The van der Waals surface area contributed by atoms with Gasteiger partial charge in [0.05, 0.1) is 15.6 Å². The average molecular weight is 239 g/mol. The highest BCUT2D eigenvalue weighted by molar-refractivity contribution is 7.15. The van der Waals surface area contributed by atoms with Gasteiger partial charge >= 0.3 is 0 Å². The molecule has 2 aromatic rings. The quantitative estimate of drug-likeness (QED) is 0.732. The molecule has 0 aliphatic carbocycles. The van der Waals surface area contributed by atoms with E-state index in [1.54, 1.807) is 13.8 Å². The number of aromatic nitrogens is 1. The lowest BCUT2D eigenvalue weighted by Crippen LogP contribution is -1.90. The fourth-order valence-corrected chi connectivity index (χ4v) is 2.54. The Hall–Kier alpha value is -1.29. The van der Waals surface area contributed by atoms with Gasteiger partial charge in [-0.15, -0.1) is 11.3 Å². The fraction of sp³-hybridized carbons (Fsp3) is 0.250. The first kappa shape index (κ1) is 11.2. The molecule has 1 nitrogen and oxygen atoms in total. The minimum absolute atomic E-state index is 0.297. The number of benzene rings is 1. The van der Waals surface area contributed by atoms with E-state index >= 15 is 0 Å². The first-order chi connectivity index (χ1) is 7.49. The van der Waals surface area contributed by atoms with Crippen molar-refractivity contribution in [1.82, 2.24) is 4.98 Å². The number of nitrogens with zero attached hydrogens (tertiary/aromatic N) is 1.